The molecule has 1 aromatic heterocycles. The Morgan fingerprint density at radius 3 is 2.56 bits per heavy atom. The Hall–Kier alpha value is -1.66. The Morgan fingerprint density at radius 2 is 1.88 bits per heavy atom. The van der Waals surface area contributed by atoms with E-state index in [0.717, 1.165) is 71.0 Å². The van der Waals surface area contributed by atoms with E-state index in [2.05, 4.69) is 37.7 Å². The van der Waals surface area contributed by atoms with Crippen LogP contribution in [0.5, 0.6) is 0 Å². The number of carbonyl (C=O) groups is 1. The molecule has 0 N–H and O–H groups in total. The topological polar surface area (TPSA) is 42.9 Å². The SMILES string of the molecule is CN1CCCC(C(=O)N2CC(N3CCN(c4ccccn4)CC3)C2)C1. The van der Waals surface area contributed by atoms with E-state index in [-0.39, 0.29) is 5.92 Å². The number of hydrogen-bond donors (Lipinski definition) is 0. The molecule has 0 spiro atoms. The molecule has 3 saturated heterocycles. The molecule has 1 atom stereocenters. The number of likely N-dealkylation sites (tertiary alicyclic amines) is 2. The fraction of sp³-hybridized carbons (Fsp3) is 0.684. The van der Waals surface area contributed by atoms with E-state index in [0.29, 0.717) is 11.9 Å². The number of hydrogen-bond acceptors (Lipinski definition) is 5. The lowest BCUT2D eigenvalue weighted by atomic mass is 9.94. The first-order valence-corrected chi connectivity index (χ1v) is 9.58. The van der Waals surface area contributed by atoms with Crippen LogP contribution in [0.1, 0.15) is 12.8 Å². The predicted molar refractivity (Wildman–Crippen MR) is 98.6 cm³/mol. The number of piperidine rings is 1. The lowest BCUT2D eigenvalue weighted by Gasteiger charge is -2.49. The highest BCUT2D eigenvalue weighted by atomic mass is 16.2. The molecule has 0 bridgehead atoms. The number of anilines is 1. The lowest BCUT2D eigenvalue weighted by Crippen LogP contribution is -2.65. The van der Waals surface area contributed by atoms with Gasteiger partial charge in [0.1, 0.15) is 5.82 Å². The van der Waals surface area contributed by atoms with E-state index in [1.165, 1.54) is 0 Å². The number of carbonyl (C=O) groups excluding carboxylic acids is 1. The van der Waals surface area contributed by atoms with Crippen LogP contribution in [0.15, 0.2) is 24.4 Å². The van der Waals surface area contributed by atoms with E-state index < -0.39 is 0 Å². The normalized spacial score (nSPS) is 26.5. The molecule has 1 amide bonds. The van der Waals surface area contributed by atoms with Gasteiger partial charge in [0.05, 0.1) is 5.92 Å². The number of rotatable bonds is 3. The van der Waals surface area contributed by atoms with E-state index in [1.807, 2.05) is 18.3 Å². The number of amides is 1. The highest BCUT2D eigenvalue weighted by molar-refractivity contribution is 5.80. The van der Waals surface area contributed by atoms with Crippen molar-refractivity contribution >= 4 is 11.7 Å². The third kappa shape index (κ3) is 3.65. The highest BCUT2D eigenvalue weighted by Gasteiger charge is 2.39. The lowest BCUT2D eigenvalue weighted by molar-refractivity contribution is -0.144. The molecule has 25 heavy (non-hydrogen) atoms. The summed E-state index contributed by atoms with van der Waals surface area (Å²) in [7, 11) is 2.12. The largest absolute Gasteiger partial charge is 0.354 e. The van der Waals surface area contributed by atoms with Crippen molar-refractivity contribution in [3.63, 3.8) is 0 Å². The summed E-state index contributed by atoms with van der Waals surface area (Å²) in [6, 6.07) is 6.65. The summed E-state index contributed by atoms with van der Waals surface area (Å²) in [5.74, 6) is 1.68. The van der Waals surface area contributed by atoms with Gasteiger partial charge in [-0.25, -0.2) is 4.98 Å². The van der Waals surface area contributed by atoms with Crippen molar-refractivity contribution in [3.05, 3.63) is 24.4 Å². The third-order valence-electron chi connectivity index (χ3n) is 5.95. The van der Waals surface area contributed by atoms with Crippen molar-refractivity contribution in [2.75, 3.05) is 64.3 Å². The van der Waals surface area contributed by atoms with Crippen molar-refractivity contribution in [1.29, 1.82) is 0 Å². The van der Waals surface area contributed by atoms with Crippen molar-refractivity contribution in [2.45, 2.75) is 18.9 Å². The second-order valence-electron chi connectivity index (χ2n) is 7.71. The Bertz CT molecular complexity index is 581. The summed E-state index contributed by atoms with van der Waals surface area (Å²) in [6.45, 7) is 8.08. The molecule has 6 heteroatoms. The fourth-order valence-corrected chi connectivity index (χ4v) is 4.35. The zero-order chi connectivity index (χ0) is 17.2. The van der Waals surface area contributed by atoms with Crippen molar-refractivity contribution in [2.24, 2.45) is 5.92 Å². The van der Waals surface area contributed by atoms with Crippen LogP contribution in [0.3, 0.4) is 0 Å². The van der Waals surface area contributed by atoms with Gasteiger partial charge >= 0.3 is 0 Å². The van der Waals surface area contributed by atoms with Crippen LogP contribution in [-0.4, -0.2) is 91.0 Å². The standard InChI is InChI=1S/C19H29N5O/c1-21-8-4-5-16(13-21)19(25)24-14-17(15-24)22-9-11-23(12-10-22)18-6-2-3-7-20-18/h2-3,6-7,16-17H,4-5,8-15H2,1H3. The molecule has 3 aliphatic heterocycles. The number of piperazine rings is 1. The van der Waals surface area contributed by atoms with Gasteiger partial charge in [-0.2, -0.15) is 0 Å². The molecule has 4 rings (SSSR count). The monoisotopic (exact) mass is 343 g/mol. The Morgan fingerprint density at radius 1 is 1.08 bits per heavy atom. The van der Waals surface area contributed by atoms with Crippen molar-refractivity contribution < 1.29 is 4.79 Å². The number of nitrogens with zero attached hydrogens (tertiary/aromatic N) is 5. The minimum atomic E-state index is 0.223. The van der Waals surface area contributed by atoms with Crippen molar-refractivity contribution in [1.82, 2.24) is 19.7 Å². The smallest absolute Gasteiger partial charge is 0.227 e. The van der Waals surface area contributed by atoms with Gasteiger partial charge in [0, 0.05) is 58.1 Å². The first-order chi connectivity index (χ1) is 12.2. The zero-order valence-electron chi connectivity index (χ0n) is 15.2. The van der Waals surface area contributed by atoms with Crippen LogP contribution in [0.2, 0.25) is 0 Å². The molecule has 0 aliphatic carbocycles. The Labute approximate surface area is 150 Å². The van der Waals surface area contributed by atoms with Crippen LogP contribution >= 0.6 is 0 Å². The molecular weight excluding hydrogens is 314 g/mol. The van der Waals surface area contributed by atoms with Gasteiger partial charge in [0.15, 0.2) is 0 Å². The Balaban J connectivity index is 1.23. The van der Waals surface area contributed by atoms with Gasteiger partial charge < -0.3 is 14.7 Å². The summed E-state index contributed by atoms with van der Waals surface area (Å²) in [4.78, 5) is 26.4. The van der Waals surface area contributed by atoms with Crippen molar-refractivity contribution in [3.8, 4) is 0 Å². The second kappa shape index (κ2) is 7.30. The average molecular weight is 343 g/mol. The van der Waals surface area contributed by atoms with Gasteiger partial charge in [-0.15, -0.1) is 0 Å². The minimum Gasteiger partial charge on any atom is -0.354 e. The maximum Gasteiger partial charge on any atom is 0.227 e. The van der Waals surface area contributed by atoms with Gasteiger partial charge in [0.2, 0.25) is 5.91 Å². The number of pyridine rings is 1. The number of aromatic nitrogens is 1. The molecule has 1 unspecified atom stereocenters. The van der Waals surface area contributed by atoms with Gasteiger partial charge in [0.25, 0.3) is 0 Å². The highest BCUT2D eigenvalue weighted by Crippen LogP contribution is 2.24. The maximum absolute atomic E-state index is 12.7. The summed E-state index contributed by atoms with van der Waals surface area (Å²) in [6.07, 6.45) is 4.08. The van der Waals surface area contributed by atoms with E-state index in [9.17, 15) is 4.79 Å². The first kappa shape index (κ1) is 16.8. The average Bonchev–Trinajstić information content (AvgIpc) is 2.62. The molecule has 0 saturated carbocycles. The first-order valence-electron chi connectivity index (χ1n) is 9.58. The summed E-state index contributed by atoms with van der Waals surface area (Å²) in [5.41, 5.74) is 0. The predicted octanol–water partition coefficient (Wildman–Crippen LogP) is 0.756. The minimum absolute atomic E-state index is 0.223. The maximum atomic E-state index is 12.7. The molecule has 0 radical (unpaired) electrons. The summed E-state index contributed by atoms with van der Waals surface area (Å²) in [5, 5.41) is 0. The Kier molecular flexibility index (Phi) is 4.90. The molecule has 3 aliphatic rings. The molecule has 6 nitrogen and oxygen atoms in total. The molecule has 0 aromatic carbocycles. The third-order valence-corrected chi connectivity index (χ3v) is 5.95. The van der Waals surface area contributed by atoms with Gasteiger partial charge in [-0.1, -0.05) is 6.07 Å². The fourth-order valence-electron chi connectivity index (χ4n) is 4.35. The summed E-state index contributed by atoms with van der Waals surface area (Å²) < 4.78 is 0. The summed E-state index contributed by atoms with van der Waals surface area (Å²) >= 11 is 0. The van der Waals surface area contributed by atoms with Crippen LogP contribution in [-0.2, 0) is 4.79 Å². The molecular formula is C19H29N5O. The van der Waals surface area contributed by atoms with E-state index >= 15 is 0 Å². The van der Waals surface area contributed by atoms with Crippen LogP contribution in [0, 0.1) is 5.92 Å². The zero-order valence-corrected chi connectivity index (χ0v) is 15.2. The quantitative estimate of drug-likeness (QED) is 0.811. The van der Waals surface area contributed by atoms with Gasteiger partial charge in [-0.05, 0) is 38.6 Å². The van der Waals surface area contributed by atoms with Crippen LogP contribution in [0.25, 0.3) is 0 Å². The molecule has 4 heterocycles. The second-order valence-corrected chi connectivity index (χ2v) is 7.71. The molecule has 1 aromatic rings. The molecule has 136 valence electrons. The van der Waals surface area contributed by atoms with Gasteiger partial charge in [-0.3, -0.25) is 9.69 Å². The van der Waals surface area contributed by atoms with Crippen LogP contribution < -0.4 is 4.90 Å². The van der Waals surface area contributed by atoms with E-state index in [4.69, 9.17) is 0 Å². The van der Waals surface area contributed by atoms with E-state index in [1.54, 1.807) is 0 Å². The molecule has 3 fully saturated rings. The van der Waals surface area contributed by atoms with Crippen LogP contribution in [0.4, 0.5) is 5.82 Å².